The molecule has 2 aromatic heterocycles. The summed E-state index contributed by atoms with van der Waals surface area (Å²) in [6.07, 6.45) is 3.39. The van der Waals surface area contributed by atoms with Crippen LogP contribution in [-0.4, -0.2) is 20.7 Å². The molecule has 2 aromatic carbocycles. The van der Waals surface area contributed by atoms with Crippen LogP contribution in [0.1, 0.15) is 16.1 Å². The van der Waals surface area contributed by atoms with Gasteiger partial charge in [0, 0.05) is 22.8 Å². The van der Waals surface area contributed by atoms with Gasteiger partial charge in [-0.15, -0.1) is 0 Å². The molecule has 6 nitrogen and oxygen atoms in total. The Morgan fingerprint density at radius 1 is 1.18 bits per heavy atom. The summed E-state index contributed by atoms with van der Waals surface area (Å²) in [5, 5.41) is 8.79. The van der Waals surface area contributed by atoms with E-state index in [1.54, 1.807) is 35.3 Å². The molecule has 7 heteroatoms. The standard InChI is InChI=1S/C21H17ClN4O2/c1-14-12-16(7-8-17(14)22)28-13-26-11-9-19(25-26)21(27)24-18-6-2-4-15-5-3-10-23-20(15)18/h2-12H,13H2,1H3,(H,24,27). The summed E-state index contributed by atoms with van der Waals surface area (Å²) in [6, 6.07) is 16.5. The highest BCUT2D eigenvalue weighted by Gasteiger charge is 2.12. The average molecular weight is 393 g/mol. The molecule has 4 rings (SSSR count). The molecule has 0 saturated heterocycles. The van der Waals surface area contributed by atoms with Crippen molar-refractivity contribution in [3.63, 3.8) is 0 Å². The summed E-state index contributed by atoms with van der Waals surface area (Å²) >= 11 is 6.02. The Kier molecular flexibility index (Phi) is 4.95. The lowest BCUT2D eigenvalue weighted by Gasteiger charge is -2.08. The van der Waals surface area contributed by atoms with E-state index in [4.69, 9.17) is 16.3 Å². The topological polar surface area (TPSA) is 69.0 Å². The number of halogens is 1. The molecule has 0 radical (unpaired) electrons. The van der Waals surface area contributed by atoms with Crippen LogP contribution in [0.15, 0.2) is 67.0 Å². The minimum Gasteiger partial charge on any atom is -0.471 e. The number of ether oxygens (including phenoxy) is 1. The summed E-state index contributed by atoms with van der Waals surface area (Å²) in [6.45, 7) is 2.10. The maximum atomic E-state index is 12.6. The van der Waals surface area contributed by atoms with Gasteiger partial charge in [-0.25, -0.2) is 4.68 Å². The Hall–Kier alpha value is -3.38. The second-order valence-electron chi connectivity index (χ2n) is 6.26. The van der Waals surface area contributed by atoms with Gasteiger partial charge in [0.15, 0.2) is 12.4 Å². The molecule has 28 heavy (non-hydrogen) atoms. The fourth-order valence-corrected chi connectivity index (χ4v) is 2.91. The number of para-hydroxylation sites is 1. The number of carbonyl (C=O) groups excluding carboxylic acids is 1. The van der Waals surface area contributed by atoms with Gasteiger partial charge in [0.1, 0.15) is 5.75 Å². The van der Waals surface area contributed by atoms with Crippen molar-refractivity contribution in [1.82, 2.24) is 14.8 Å². The summed E-state index contributed by atoms with van der Waals surface area (Å²) in [7, 11) is 0. The number of benzene rings is 2. The van der Waals surface area contributed by atoms with Crippen LogP contribution >= 0.6 is 11.6 Å². The zero-order valence-electron chi connectivity index (χ0n) is 15.1. The summed E-state index contributed by atoms with van der Waals surface area (Å²) in [5.74, 6) is 0.379. The minimum atomic E-state index is -0.306. The number of anilines is 1. The largest absolute Gasteiger partial charge is 0.471 e. The number of aromatic nitrogens is 3. The van der Waals surface area contributed by atoms with Gasteiger partial charge in [0.2, 0.25) is 0 Å². The average Bonchev–Trinajstić information content (AvgIpc) is 3.18. The molecule has 140 valence electrons. The van der Waals surface area contributed by atoms with Crippen molar-refractivity contribution >= 4 is 34.1 Å². The number of hydrogen-bond donors (Lipinski definition) is 1. The second-order valence-corrected chi connectivity index (χ2v) is 6.67. The number of rotatable bonds is 5. The molecule has 0 atom stereocenters. The van der Waals surface area contributed by atoms with E-state index < -0.39 is 0 Å². The van der Waals surface area contributed by atoms with Crippen LogP contribution < -0.4 is 10.1 Å². The van der Waals surface area contributed by atoms with Gasteiger partial charge >= 0.3 is 0 Å². The first-order chi connectivity index (χ1) is 13.6. The predicted octanol–water partition coefficient (Wildman–Crippen LogP) is 4.68. The first-order valence-electron chi connectivity index (χ1n) is 8.68. The third kappa shape index (κ3) is 3.82. The van der Waals surface area contributed by atoms with Gasteiger partial charge in [-0.1, -0.05) is 29.8 Å². The first-order valence-corrected chi connectivity index (χ1v) is 9.05. The van der Waals surface area contributed by atoms with E-state index in [9.17, 15) is 4.79 Å². The molecule has 0 aliphatic carbocycles. The molecule has 2 heterocycles. The molecule has 0 aliphatic rings. The zero-order chi connectivity index (χ0) is 19.5. The quantitative estimate of drug-likeness (QED) is 0.535. The number of aryl methyl sites for hydroxylation is 1. The molecular weight excluding hydrogens is 376 g/mol. The number of pyridine rings is 1. The predicted molar refractivity (Wildman–Crippen MR) is 109 cm³/mol. The van der Waals surface area contributed by atoms with Crippen molar-refractivity contribution in [3.05, 3.63) is 83.3 Å². The summed E-state index contributed by atoms with van der Waals surface area (Å²) in [5.41, 5.74) is 2.61. The van der Waals surface area contributed by atoms with Crippen LogP contribution in [0.25, 0.3) is 10.9 Å². The van der Waals surface area contributed by atoms with E-state index in [2.05, 4.69) is 15.4 Å². The molecule has 0 saturated carbocycles. The van der Waals surface area contributed by atoms with Crippen LogP contribution in [0.3, 0.4) is 0 Å². The van der Waals surface area contributed by atoms with Crippen LogP contribution in [0, 0.1) is 6.92 Å². The van der Waals surface area contributed by atoms with Crippen molar-refractivity contribution in [1.29, 1.82) is 0 Å². The van der Waals surface area contributed by atoms with Gasteiger partial charge in [0.05, 0.1) is 11.2 Å². The number of nitrogens with one attached hydrogen (secondary N) is 1. The van der Waals surface area contributed by atoms with Crippen LogP contribution in [0.4, 0.5) is 5.69 Å². The van der Waals surface area contributed by atoms with Crippen LogP contribution in [0.2, 0.25) is 5.02 Å². The first kappa shape index (κ1) is 18.0. The summed E-state index contributed by atoms with van der Waals surface area (Å²) < 4.78 is 7.25. The number of amides is 1. The fourth-order valence-electron chi connectivity index (χ4n) is 2.79. The van der Waals surface area contributed by atoms with E-state index >= 15 is 0 Å². The van der Waals surface area contributed by atoms with E-state index in [1.165, 1.54) is 0 Å². The number of nitrogens with zero attached hydrogens (tertiary/aromatic N) is 3. The summed E-state index contributed by atoms with van der Waals surface area (Å²) in [4.78, 5) is 16.9. The molecule has 0 unspecified atom stereocenters. The van der Waals surface area contributed by atoms with Crippen molar-refractivity contribution in [2.24, 2.45) is 0 Å². The van der Waals surface area contributed by atoms with E-state index in [0.717, 1.165) is 16.5 Å². The Morgan fingerprint density at radius 2 is 2.04 bits per heavy atom. The maximum Gasteiger partial charge on any atom is 0.276 e. The Balaban J connectivity index is 1.44. The highest BCUT2D eigenvalue weighted by atomic mass is 35.5. The van der Waals surface area contributed by atoms with Gasteiger partial charge in [0.25, 0.3) is 5.91 Å². The lowest BCUT2D eigenvalue weighted by atomic mass is 10.2. The van der Waals surface area contributed by atoms with E-state index in [1.807, 2.05) is 43.3 Å². The van der Waals surface area contributed by atoms with Gasteiger partial charge in [-0.3, -0.25) is 9.78 Å². The van der Waals surface area contributed by atoms with Crippen molar-refractivity contribution in [2.45, 2.75) is 13.7 Å². The number of fused-ring (bicyclic) bond motifs is 1. The SMILES string of the molecule is Cc1cc(OCn2ccc(C(=O)Nc3cccc4cccnc34)n2)ccc1Cl. The molecule has 1 amide bonds. The fraction of sp³-hybridized carbons (Fsp3) is 0.0952. The molecule has 0 spiro atoms. The van der Waals surface area contributed by atoms with Crippen molar-refractivity contribution in [3.8, 4) is 5.75 Å². The van der Waals surface area contributed by atoms with Crippen molar-refractivity contribution in [2.75, 3.05) is 5.32 Å². The second kappa shape index (κ2) is 7.70. The number of carbonyl (C=O) groups is 1. The Labute approximate surface area is 166 Å². The third-order valence-corrected chi connectivity index (χ3v) is 4.67. The normalized spacial score (nSPS) is 10.8. The van der Waals surface area contributed by atoms with Crippen LogP contribution in [0.5, 0.6) is 5.75 Å². The minimum absolute atomic E-state index is 0.185. The highest BCUT2D eigenvalue weighted by molar-refractivity contribution is 6.31. The van der Waals surface area contributed by atoms with Crippen LogP contribution in [-0.2, 0) is 6.73 Å². The van der Waals surface area contributed by atoms with Crippen molar-refractivity contribution < 1.29 is 9.53 Å². The molecule has 0 aliphatic heterocycles. The Bertz CT molecular complexity index is 1150. The Morgan fingerprint density at radius 3 is 2.89 bits per heavy atom. The lowest BCUT2D eigenvalue weighted by molar-refractivity contribution is 0.102. The third-order valence-electron chi connectivity index (χ3n) is 4.25. The smallest absolute Gasteiger partial charge is 0.276 e. The zero-order valence-corrected chi connectivity index (χ0v) is 15.8. The number of hydrogen-bond acceptors (Lipinski definition) is 4. The highest BCUT2D eigenvalue weighted by Crippen LogP contribution is 2.22. The maximum absolute atomic E-state index is 12.6. The van der Waals surface area contributed by atoms with Gasteiger partial charge in [-0.2, -0.15) is 5.10 Å². The molecule has 1 N–H and O–H groups in total. The molecular formula is C21H17ClN4O2. The molecule has 4 aromatic rings. The lowest BCUT2D eigenvalue weighted by Crippen LogP contribution is -2.14. The van der Waals surface area contributed by atoms with Gasteiger partial charge in [-0.05, 0) is 48.9 Å². The monoisotopic (exact) mass is 392 g/mol. The van der Waals surface area contributed by atoms with E-state index in [0.29, 0.717) is 22.2 Å². The molecule has 0 fully saturated rings. The van der Waals surface area contributed by atoms with E-state index in [-0.39, 0.29) is 12.6 Å². The molecule has 0 bridgehead atoms. The van der Waals surface area contributed by atoms with Gasteiger partial charge < -0.3 is 10.1 Å².